The summed E-state index contributed by atoms with van der Waals surface area (Å²) in [5.41, 5.74) is 2.31. The minimum Gasteiger partial charge on any atom is -0.497 e. The Hall–Kier alpha value is -3.06. The van der Waals surface area contributed by atoms with Crippen LogP contribution in [-0.2, 0) is 4.79 Å². The molecule has 29 heavy (non-hydrogen) atoms. The van der Waals surface area contributed by atoms with Crippen LogP contribution in [0, 0.1) is 0 Å². The van der Waals surface area contributed by atoms with E-state index in [2.05, 4.69) is 10.6 Å². The topological polar surface area (TPSA) is 81.1 Å². The van der Waals surface area contributed by atoms with Gasteiger partial charge in [0.15, 0.2) is 6.54 Å². The van der Waals surface area contributed by atoms with Gasteiger partial charge in [0.2, 0.25) is 0 Å². The van der Waals surface area contributed by atoms with Crippen molar-refractivity contribution < 1.29 is 24.0 Å². The normalized spacial score (nSPS) is 18.2. The number of carbonyl (C=O) groups excluding carboxylic acids is 2. The van der Waals surface area contributed by atoms with E-state index in [4.69, 9.17) is 9.47 Å². The van der Waals surface area contributed by atoms with E-state index in [1.54, 1.807) is 45.5 Å². The molecule has 1 unspecified atom stereocenters. The fourth-order valence-electron chi connectivity index (χ4n) is 3.87. The number of hydrogen-bond donors (Lipinski definition) is 3. The number of nitrogens with one attached hydrogen (secondary N) is 3. The van der Waals surface area contributed by atoms with Gasteiger partial charge >= 0.3 is 0 Å². The van der Waals surface area contributed by atoms with Crippen molar-refractivity contribution in [3.63, 3.8) is 0 Å². The molecule has 2 amide bonds. The predicted molar refractivity (Wildman–Crippen MR) is 111 cm³/mol. The molecule has 0 spiro atoms. The van der Waals surface area contributed by atoms with Crippen molar-refractivity contribution >= 4 is 17.5 Å². The van der Waals surface area contributed by atoms with Gasteiger partial charge < -0.3 is 25.0 Å². The van der Waals surface area contributed by atoms with E-state index in [0.29, 0.717) is 17.8 Å². The number of amides is 2. The van der Waals surface area contributed by atoms with Crippen LogP contribution < -0.4 is 25.0 Å². The Labute approximate surface area is 171 Å². The van der Waals surface area contributed by atoms with Crippen LogP contribution in [0.4, 0.5) is 5.69 Å². The smallest absolute Gasteiger partial charge is 0.279 e. The maximum atomic E-state index is 12.6. The van der Waals surface area contributed by atoms with Crippen LogP contribution in [-0.4, -0.2) is 46.2 Å². The van der Waals surface area contributed by atoms with Crippen LogP contribution in [0.2, 0.25) is 0 Å². The van der Waals surface area contributed by atoms with Gasteiger partial charge in [-0.3, -0.25) is 9.59 Å². The summed E-state index contributed by atoms with van der Waals surface area (Å²) < 4.78 is 10.9. The third-order valence-corrected chi connectivity index (χ3v) is 5.34. The summed E-state index contributed by atoms with van der Waals surface area (Å²) in [6.45, 7) is 1.29. The Bertz CT molecular complexity index is 867. The van der Waals surface area contributed by atoms with Gasteiger partial charge in [-0.15, -0.1) is 0 Å². The minimum absolute atomic E-state index is 0.0542. The number of benzene rings is 2. The van der Waals surface area contributed by atoms with Crippen molar-refractivity contribution in [1.29, 1.82) is 0 Å². The van der Waals surface area contributed by atoms with E-state index in [0.717, 1.165) is 36.4 Å². The molecule has 1 aliphatic heterocycles. The fraction of sp³-hybridized carbons (Fsp3) is 0.364. The molecule has 0 saturated carbocycles. The Morgan fingerprint density at radius 3 is 2.52 bits per heavy atom. The molecule has 0 aromatic heterocycles. The minimum atomic E-state index is -0.153. The predicted octanol–water partition coefficient (Wildman–Crippen LogP) is 1.42. The van der Waals surface area contributed by atoms with E-state index < -0.39 is 0 Å². The molecule has 1 fully saturated rings. The molecule has 7 nitrogen and oxygen atoms in total. The molecule has 1 saturated heterocycles. The van der Waals surface area contributed by atoms with Gasteiger partial charge in [-0.2, -0.15) is 0 Å². The van der Waals surface area contributed by atoms with E-state index in [9.17, 15) is 9.59 Å². The maximum absolute atomic E-state index is 12.6. The molecular weight excluding hydrogens is 370 g/mol. The van der Waals surface area contributed by atoms with E-state index in [1.807, 2.05) is 18.2 Å². The van der Waals surface area contributed by atoms with Gasteiger partial charge in [-0.25, -0.2) is 0 Å². The van der Waals surface area contributed by atoms with Gasteiger partial charge in [0.1, 0.15) is 17.5 Å². The van der Waals surface area contributed by atoms with Gasteiger partial charge in [-0.05, 0) is 42.5 Å². The Morgan fingerprint density at radius 1 is 1.10 bits per heavy atom. The monoisotopic (exact) mass is 398 g/mol. The highest BCUT2D eigenvalue weighted by molar-refractivity contribution is 5.95. The summed E-state index contributed by atoms with van der Waals surface area (Å²) in [7, 11) is 4.90. The molecule has 0 bridgehead atoms. The standard InChI is InChI=1S/C22H27N3O4/c1-23-22(27)15-6-8-16(9-7-15)24-21(26)14-25-12-4-5-19(25)18-13-17(28-2)10-11-20(18)29-3/h6-11,13,19H,4-5,12,14H2,1-3H3,(H,23,27)(H,24,26)/p+1/t19-/m0/s1. The number of carbonyl (C=O) groups is 2. The molecule has 1 aliphatic rings. The second kappa shape index (κ2) is 9.43. The molecule has 0 aliphatic carbocycles. The number of rotatable bonds is 7. The van der Waals surface area contributed by atoms with Crippen LogP contribution in [0.5, 0.6) is 11.5 Å². The average Bonchev–Trinajstić information content (AvgIpc) is 3.20. The van der Waals surface area contributed by atoms with Crippen LogP contribution in [0.25, 0.3) is 0 Å². The second-order valence-electron chi connectivity index (χ2n) is 7.09. The molecule has 0 radical (unpaired) electrons. The largest absolute Gasteiger partial charge is 0.497 e. The fourth-order valence-corrected chi connectivity index (χ4v) is 3.87. The molecular formula is C22H28N3O4+. The summed E-state index contributed by atoms with van der Waals surface area (Å²) in [6, 6.07) is 12.9. The van der Waals surface area contributed by atoms with Crippen LogP contribution in [0.1, 0.15) is 34.8 Å². The summed E-state index contributed by atoms with van der Waals surface area (Å²) in [6.07, 6.45) is 2.04. The molecule has 2 aromatic rings. The van der Waals surface area contributed by atoms with Crippen LogP contribution in [0.15, 0.2) is 42.5 Å². The highest BCUT2D eigenvalue weighted by Crippen LogP contribution is 2.31. The quantitative estimate of drug-likeness (QED) is 0.659. The van der Waals surface area contributed by atoms with Gasteiger partial charge in [-0.1, -0.05) is 0 Å². The average molecular weight is 398 g/mol. The van der Waals surface area contributed by atoms with Crippen molar-refractivity contribution in [2.75, 3.05) is 39.7 Å². The zero-order valence-electron chi connectivity index (χ0n) is 17.1. The van der Waals surface area contributed by atoms with Crippen molar-refractivity contribution in [2.45, 2.75) is 18.9 Å². The first-order chi connectivity index (χ1) is 14.0. The summed E-state index contributed by atoms with van der Waals surface area (Å²) in [4.78, 5) is 25.5. The SMILES string of the molecule is CNC(=O)c1ccc(NC(=O)C[NH+]2CCC[C@H]2c2cc(OC)ccc2OC)cc1. The highest BCUT2D eigenvalue weighted by atomic mass is 16.5. The zero-order valence-corrected chi connectivity index (χ0v) is 17.1. The molecule has 2 aromatic carbocycles. The second-order valence-corrected chi connectivity index (χ2v) is 7.09. The molecule has 1 heterocycles. The van der Waals surface area contributed by atoms with Gasteiger partial charge in [0, 0.05) is 31.1 Å². The van der Waals surface area contributed by atoms with Gasteiger partial charge in [0.25, 0.3) is 11.8 Å². The number of methoxy groups -OCH3 is 2. The van der Waals surface area contributed by atoms with Crippen LogP contribution >= 0.6 is 0 Å². The first-order valence-corrected chi connectivity index (χ1v) is 9.74. The Kier molecular flexibility index (Phi) is 6.72. The third kappa shape index (κ3) is 4.86. The van der Waals surface area contributed by atoms with Crippen molar-refractivity contribution in [2.24, 2.45) is 0 Å². The molecule has 7 heteroatoms. The highest BCUT2D eigenvalue weighted by Gasteiger charge is 2.34. The first-order valence-electron chi connectivity index (χ1n) is 9.74. The summed E-state index contributed by atoms with van der Waals surface area (Å²) in [5.74, 6) is 1.40. The van der Waals surface area contributed by atoms with Crippen molar-refractivity contribution in [3.8, 4) is 11.5 Å². The molecule has 3 rings (SSSR count). The lowest BCUT2D eigenvalue weighted by atomic mass is 10.0. The molecule has 3 N–H and O–H groups in total. The number of likely N-dealkylation sites (tertiary alicyclic amines) is 1. The summed E-state index contributed by atoms with van der Waals surface area (Å²) in [5, 5.41) is 5.51. The lowest BCUT2D eigenvalue weighted by Crippen LogP contribution is -3.11. The van der Waals surface area contributed by atoms with Gasteiger partial charge in [0.05, 0.1) is 26.3 Å². The Morgan fingerprint density at radius 2 is 1.86 bits per heavy atom. The number of anilines is 1. The van der Waals surface area contributed by atoms with E-state index in [1.165, 1.54) is 4.90 Å². The number of quaternary nitrogens is 1. The van der Waals surface area contributed by atoms with Crippen LogP contribution in [0.3, 0.4) is 0 Å². The Balaban J connectivity index is 1.68. The third-order valence-electron chi connectivity index (χ3n) is 5.34. The van der Waals surface area contributed by atoms with Crippen molar-refractivity contribution in [1.82, 2.24) is 5.32 Å². The lowest BCUT2D eigenvalue weighted by molar-refractivity contribution is -0.910. The zero-order chi connectivity index (χ0) is 20.8. The lowest BCUT2D eigenvalue weighted by Gasteiger charge is -2.23. The number of ether oxygens (including phenoxy) is 2. The molecule has 2 atom stereocenters. The van der Waals surface area contributed by atoms with Crippen molar-refractivity contribution in [3.05, 3.63) is 53.6 Å². The summed E-state index contributed by atoms with van der Waals surface area (Å²) >= 11 is 0. The molecule has 154 valence electrons. The maximum Gasteiger partial charge on any atom is 0.279 e. The first kappa shape index (κ1) is 20.7. The van der Waals surface area contributed by atoms with E-state index in [-0.39, 0.29) is 17.9 Å². The number of hydrogen-bond acceptors (Lipinski definition) is 4. The van der Waals surface area contributed by atoms with E-state index >= 15 is 0 Å².